The minimum Gasteiger partial charge on any atom is -0.385 e. The molecule has 4 nitrogen and oxygen atoms in total. The number of hydrogen-bond donors (Lipinski definition) is 1. The minimum absolute atomic E-state index is 0.739. The molecule has 0 spiro atoms. The number of nitrogens with one attached hydrogen (secondary N) is 1. The van der Waals surface area contributed by atoms with Crippen LogP contribution in [0.2, 0.25) is 0 Å². The number of unbranched alkanes of at least 4 members (excludes halogenated alkanes) is 1. The molecule has 0 saturated heterocycles. The van der Waals surface area contributed by atoms with Crippen LogP contribution in [0.25, 0.3) is 28.1 Å². The zero-order valence-corrected chi connectivity index (χ0v) is 14.7. The molecule has 0 bridgehead atoms. The van der Waals surface area contributed by atoms with E-state index < -0.39 is 0 Å². The number of hydrogen-bond acceptors (Lipinski definition) is 3. The Bertz CT molecular complexity index is 1020. The van der Waals surface area contributed by atoms with Gasteiger partial charge in [-0.2, -0.15) is 0 Å². The van der Waals surface area contributed by atoms with Gasteiger partial charge in [0.2, 0.25) is 5.78 Å². The number of aryl methyl sites for hydroxylation is 1. The third kappa shape index (κ3) is 3.07. The largest absolute Gasteiger partial charge is 0.385 e. The van der Waals surface area contributed by atoms with Crippen LogP contribution in [-0.4, -0.2) is 20.9 Å². The second-order valence-corrected chi connectivity index (χ2v) is 6.44. The van der Waals surface area contributed by atoms with Crippen LogP contribution >= 0.6 is 0 Å². The van der Waals surface area contributed by atoms with Crippen LogP contribution in [0.5, 0.6) is 0 Å². The van der Waals surface area contributed by atoms with Gasteiger partial charge in [0.25, 0.3) is 0 Å². The van der Waals surface area contributed by atoms with E-state index in [1.165, 1.54) is 18.4 Å². The van der Waals surface area contributed by atoms with Crippen molar-refractivity contribution < 1.29 is 0 Å². The summed E-state index contributed by atoms with van der Waals surface area (Å²) in [6.07, 6.45) is 4.44. The Kier molecular flexibility index (Phi) is 4.10. The van der Waals surface area contributed by atoms with Gasteiger partial charge in [-0.05, 0) is 49.2 Å². The van der Waals surface area contributed by atoms with Gasteiger partial charge in [0.1, 0.15) is 0 Å². The van der Waals surface area contributed by atoms with Crippen LogP contribution < -0.4 is 5.32 Å². The van der Waals surface area contributed by atoms with Crippen molar-refractivity contribution in [1.29, 1.82) is 0 Å². The highest BCUT2D eigenvalue weighted by molar-refractivity contribution is 5.80. The summed E-state index contributed by atoms with van der Waals surface area (Å²) in [4.78, 5) is 9.40. The fraction of sp³-hybridized carbons (Fsp3) is 0.238. The van der Waals surface area contributed by atoms with Crippen molar-refractivity contribution in [2.45, 2.75) is 26.7 Å². The molecule has 0 saturated carbocycles. The maximum atomic E-state index is 4.75. The summed E-state index contributed by atoms with van der Waals surface area (Å²) in [5, 5.41) is 3.44. The molecular formula is C21H22N4. The third-order valence-corrected chi connectivity index (χ3v) is 4.47. The van der Waals surface area contributed by atoms with Gasteiger partial charge in [-0.1, -0.05) is 31.5 Å². The average Bonchev–Trinajstić information content (AvgIpc) is 2.99. The Morgan fingerprint density at radius 2 is 1.84 bits per heavy atom. The van der Waals surface area contributed by atoms with Crippen molar-refractivity contribution in [2.24, 2.45) is 0 Å². The van der Waals surface area contributed by atoms with Crippen molar-refractivity contribution in [1.82, 2.24) is 14.4 Å². The third-order valence-electron chi connectivity index (χ3n) is 4.47. The first-order chi connectivity index (χ1) is 12.2. The normalized spacial score (nSPS) is 11.3. The molecule has 4 heteroatoms. The molecule has 0 aliphatic carbocycles. The second-order valence-electron chi connectivity index (χ2n) is 6.44. The SMILES string of the molecule is CCCCNc1ccc(-c2ccn3c(n2)nc2ccc(C)cc23)cc1. The first kappa shape index (κ1) is 15.6. The minimum atomic E-state index is 0.739. The molecule has 2 aromatic carbocycles. The molecule has 0 aliphatic rings. The van der Waals surface area contributed by atoms with E-state index >= 15 is 0 Å². The van der Waals surface area contributed by atoms with Gasteiger partial charge in [0, 0.05) is 24.0 Å². The first-order valence-corrected chi connectivity index (χ1v) is 8.84. The highest BCUT2D eigenvalue weighted by atomic mass is 15.1. The van der Waals surface area contributed by atoms with E-state index in [-0.39, 0.29) is 0 Å². The van der Waals surface area contributed by atoms with Crippen LogP contribution in [-0.2, 0) is 0 Å². The standard InChI is InChI=1S/C21H22N4/c1-3-4-12-22-17-8-6-16(7-9-17)18-11-13-25-20-14-15(2)5-10-19(20)24-21(25)23-18/h5-11,13-14,22H,3-4,12H2,1-2H3. The molecule has 0 amide bonds. The maximum Gasteiger partial charge on any atom is 0.235 e. The van der Waals surface area contributed by atoms with Gasteiger partial charge in [-0.3, -0.25) is 4.40 Å². The van der Waals surface area contributed by atoms with Crippen molar-refractivity contribution in [3.63, 3.8) is 0 Å². The predicted molar refractivity (Wildman–Crippen MR) is 104 cm³/mol. The summed E-state index contributed by atoms with van der Waals surface area (Å²) < 4.78 is 2.05. The van der Waals surface area contributed by atoms with Crippen LogP contribution in [0, 0.1) is 6.92 Å². The number of rotatable bonds is 5. The van der Waals surface area contributed by atoms with Crippen LogP contribution in [0.15, 0.2) is 54.7 Å². The van der Waals surface area contributed by atoms with Crippen molar-refractivity contribution in [3.8, 4) is 11.3 Å². The number of fused-ring (bicyclic) bond motifs is 3. The van der Waals surface area contributed by atoms with Crippen molar-refractivity contribution in [2.75, 3.05) is 11.9 Å². The topological polar surface area (TPSA) is 42.2 Å². The molecule has 0 aliphatic heterocycles. The summed E-state index contributed by atoms with van der Waals surface area (Å²) in [5.41, 5.74) is 6.51. The number of anilines is 1. The zero-order chi connectivity index (χ0) is 17.2. The second kappa shape index (κ2) is 6.55. The van der Waals surface area contributed by atoms with E-state index in [1.807, 2.05) is 4.40 Å². The molecule has 126 valence electrons. The average molecular weight is 330 g/mol. The van der Waals surface area contributed by atoms with Crippen LogP contribution in [0.4, 0.5) is 5.69 Å². The summed E-state index contributed by atoms with van der Waals surface area (Å²) >= 11 is 0. The first-order valence-electron chi connectivity index (χ1n) is 8.84. The monoisotopic (exact) mass is 330 g/mol. The van der Waals surface area contributed by atoms with Crippen LogP contribution in [0.3, 0.4) is 0 Å². The molecule has 0 fully saturated rings. The summed E-state index contributed by atoms with van der Waals surface area (Å²) in [6.45, 7) is 5.31. The van der Waals surface area contributed by atoms with Gasteiger partial charge in [0.05, 0.1) is 16.7 Å². The lowest BCUT2D eigenvalue weighted by Gasteiger charge is -2.07. The molecule has 0 atom stereocenters. The molecule has 0 radical (unpaired) electrons. The lowest BCUT2D eigenvalue weighted by Crippen LogP contribution is -2.00. The van der Waals surface area contributed by atoms with E-state index in [0.29, 0.717) is 0 Å². The molecule has 0 unspecified atom stereocenters. The van der Waals surface area contributed by atoms with E-state index in [2.05, 4.69) is 78.9 Å². The van der Waals surface area contributed by atoms with Gasteiger partial charge >= 0.3 is 0 Å². The van der Waals surface area contributed by atoms with Crippen LogP contribution in [0.1, 0.15) is 25.3 Å². The van der Waals surface area contributed by atoms with E-state index in [0.717, 1.165) is 40.3 Å². The molecule has 2 heterocycles. The quantitative estimate of drug-likeness (QED) is 0.519. The Hall–Kier alpha value is -2.88. The van der Waals surface area contributed by atoms with Gasteiger partial charge < -0.3 is 5.32 Å². The van der Waals surface area contributed by atoms with Crippen molar-refractivity contribution in [3.05, 3.63) is 60.3 Å². The Labute approximate surface area is 147 Å². The fourth-order valence-electron chi connectivity index (χ4n) is 3.04. The summed E-state index contributed by atoms with van der Waals surface area (Å²) in [6, 6.07) is 16.8. The number of aromatic nitrogens is 3. The molecule has 4 aromatic rings. The van der Waals surface area contributed by atoms with Gasteiger partial charge in [-0.25, -0.2) is 9.97 Å². The smallest absolute Gasteiger partial charge is 0.235 e. The number of imidazole rings is 1. The Morgan fingerprint density at radius 1 is 1.00 bits per heavy atom. The molecular weight excluding hydrogens is 308 g/mol. The molecule has 1 N–H and O–H groups in total. The molecule has 2 aromatic heterocycles. The maximum absolute atomic E-state index is 4.75. The number of benzene rings is 2. The molecule has 25 heavy (non-hydrogen) atoms. The Balaban J connectivity index is 1.66. The highest BCUT2D eigenvalue weighted by Crippen LogP contribution is 2.23. The Morgan fingerprint density at radius 3 is 2.64 bits per heavy atom. The van der Waals surface area contributed by atoms with E-state index in [1.54, 1.807) is 0 Å². The van der Waals surface area contributed by atoms with E-state index in [4.69, 9.17) is 4.98 Å². The summed E-state index contributed by atoms with van der Waals surface area (Å²) in [5.74, 6) is 0.739. The predicted octanol–water partition coefficient (Wildman–Crippen LogP) is 5.07. The zero-order valence-electron chi connectivity index (χ0n) is 14.7. The highest BCUT2D eigenvalue weighted by Gasteiger charge is 2.08. The van der Waals surface area contributed by atoms with Gasteiger partial charge in [0.15, 0.2) is 0 Å². The number of nitrogens with zero attached hydrogens (tertiary/aromatic N) is 3. The van der Waals surface area contributed by atoms with Gasteiger partial charge in [-0.15, -0.1) is 0 Å². The summed E-state index contributed by atoms with van der Waals surface area (Å²) in [7, 11) is 0. The lowest BCUT2D eigenvalue weighted by atomic mass is 10.1. The fourth-order valence-corrected chi connectivity index (χ4v) is 3.04. The molecule has 4 rings (SSSR count). The van der Waals surface area contributed by atoms with E-state index in [9.17, 15) is 0 Å². The van der Waals surface area contributed by atoms with Crippen molar-refractivity contribution >= 4 is 22.5 Å². The lowest BCUT2D eigenvalue weighted by molar-refractivity contribution is 0.834.